The maximum atomic E-state index is 12.0. The fraction of sp³-hybridized carbons (Fsp3) is 0.429. The number of hydrogen-bond acceptors (Lipinski definition) is 6. The van der Waals surface area contributed by atoms with Gasteiger partial charge in [0.2, 0.25) is 0 Å². The van der Waals surface area contributed by atoms with Crippen LogP contribution in [0.5, 0.6) is 5.75 Å². The van der Waals surface area contributed by atoms with Crippen molar-refractivity contribution in [3.8, 4) is 11.8 Å². The zero-order chi connectivity index (χ0) is 16.0. The Bertz CT molecular complexity index is 594. The van der Waals surface area contributed by atoms with E-state index >= 15 is 0 Å². The van der Waals surface area contributed by atoms with E-state index in [1.54, 1.807) is 13.8 Å². The summed E-state index contributed by atoms with van der Waals surface area (Å²) in [5.74, 6) is -0.686. The Morgan fingerprint density at radius 2 is 2.10 bits per heavy atom. The zero-order valence-electron chi connectivity index (χ0n) is 12.1. The summed E-state index contributed by atoms with van der Waals surface area (Å²) >= 11 is 0. The molecule has 0 aliphatic rings. The highest BCUT2D eigenvalue weighted by Crippen LogP contribution is 2.34. The van der Waals surface area contributed by atoms with Gasteiger partial charge in [0.1, 0.15) is 0 Å². The van der Waals surface area contributed by atoms with E-state index in [9.17, 15) is 20.2 Å². The number of rotatable bonds is 6. The highest BCUT2D eigenvalue weighted by Gasteiger charge is 2.38. The average Bonchev–Trinajstić information content (AvgIpc) is 2.46. The SMILES string of the molecule is CCOC(=O)C(C)(C#N)c1ccc([N+](=O)[O-])c(OCC)c1. The van der Waals surface area contributed by atoms with Gasteiger partial charge in [-0.3, -0.25) is 10.1 Å². The van der Waals surface area contributed by atoms with Gasteiger partial charge in [0.05, 0.1) is 24.2 Å². The van der Waals surface area contributed by atoms with Crippen molar-refractivity contribution in [3.05, 3.63) is 33.9 Å². The topological polar surface area (TPSA) is 102 Å². The largest absolute Gasteiger partial charge is 0.487 e. The van der Waals surface area contributed by atoms with Gasteiger partial charge >= 0.3 is 11.7 Å². The number of ether oxygens (including phenoxy) is 2. The summed E-state index contributed by atoms with van der Waals surface area (Å²) in [6.45, 7) is 5.10. The van der Waals surface area contributed by atoms with Gasteiger partial charge in [0.15, 0.2) is 11.2 Å². The Hall–Kier alpha value is -2.62. The van der Waals surface area contributed by atoms with Crippen LogP contribution in [0.25, 0.3) is 0 Å². The van der Waals surface area contributed by atoms with E-state index in [4.69, 9.17) is 9.47 Å². The lowest BCUT2D eigenvalue weighted by Gasteiger charge is -2.20. The number of carbonyl (C=O) groups is 1. The second kappa shape index (κ2) is 6.70. The van der Waals surface area contributed by atoms with Crippen LogP contribution in [0.4, 0.5) is 5.69 Å². The van der Waals surface area contributed by atoms with Crippen molar-refractivity contribution in [2.24, 2.45) is 0 Å². The third kappa shape index (κ3) is 3.28. The molecular formula is C14H16N2O5. The van der Waals surface area contributed by atoms with E-state index in [-0.39, 0.29) is 30.2 Å². The van der Waals surface area contributed by atoms with E-state index in [0.29, 0.717) is 0 Å². The second-order valence-corrected chi connectivity index (χ2v) is 4.33. The summed E-state index contributed by atoms with van der Waals surface area (Å²) in [6, 6.07) is 5.81. The number of esters is 1. The lowest BCUT2D eigenvalue weighted by Crippen LogP contribution is -2.33. The van der Waals surface area contributed by atoms with Crippen LogP contribution in [-0.4, -0.2) is 24.1 Å². The summed E-state index contributed by atoms with van der Waals surface area (Å²) in [6.07, 6.45) is 0. The van der Waals surface area contributed by atoms with Crippen molar-refractivity contribution < 1.29 is 19.2 Å². The van der Waals surface area contributed by atoms with Gasteiger partial charge < -0.3 is 9.47 Å². The number of nitro groups is 1. The van der Waals surface area contributed by atoms with Crippen LogP contribution < -0.4 is 4.74 Å². The van der Waals surface area contributed by atoms with Crippen LogP contribution in [0, 0.1) is 21.4 Å². The van der Waals surface area contributed by atoms with Gasteiger partial charge in [-0.1, -0.05) is 0 Å². The van der Waals surface area contributed by atoms with E-state index in [1.807, 2.05) is 6.07 Å². The van der Waals surface area contributed by atoms with E-state index in [0.717, 1.165) is 0 Å². The first-order chi connectivity index (χ1) is 9.90. The molecule has 0 aromatic heterocycles. The predicted molar refractivity (Wildman–Crippen MR) is 73.9 cm³/mol. The molecule has 1 atom stereocenters. The van der Waals surface area contributed by atoms with Crippen molar-refractivity contribution in [3.63, 3.8) is 0 Å². The maximum Gasteiger partial charge on any atom is 0.330 e. The maximum absolute atomic E-state index is 12.0. The van der Waals surface area contributed by atoms with Crippen molar-refractivity contribution in [2.45, 2.75) is 26.2 Å². The monoisotopic (exact) mass is 292 g/mol. The van der Waals surface area contributed by atoms with Gasteiger partial charge in [-0.05, 0) is 38.5 Å². The van der Waals surface area contributed by atoms with E-state index in [2.05, 4.69) is 0 Å². The molecule has 0 spiro atoms. The molecule has 1 aromatic carbocycles. The lowest BCUT2D eigenvalue weighted by molar-refractivity contribution is -0.385. The van der Waals surface area contributed by atoms with Gasteiger partial charge in [0.25, 0.3) is 0 Å². The van der Waals surface area contributed by atoms with Crippen LogP contribution in [0.2, 0.25) is 0 Å². The Morgan fingerprint density at radius 1 is 1.43 bits per heavy atom. The quantitative estimate of drug-likeness (QED) is 0.453. The number of nitro benzene ring substituents is 1. The van der Waals surface area contributed by atoms with Crippen LogP contribution in [0.15, 0.2) is 18.2 Å². The highest BCUT2D eigenvalue weighted by atomic mass is 16.6. The van der Waals surface area contributed by atoms with Gasteiger partial charge in [0, 0.05) is 6.07 Å². The van der Waals surface area contributed by atoms with Crippen LogP contribution >= 0.6 is 0 Å². The van der Waals surface area contributed by atoms with Crippen molar-refractivity contribution in [1.82, 2.24) is 0 Å². The number of nitrogens with zero attached hydrogens (tertiary/aromatic N) is 2. The molecular weight excluding hydrogens is 276 g/mol. The van der Waals surface area contributed by atoms with E-state index in [1.165, 1.54) is 25.1 Å². The van der Waals surface area contributed by atoms with Crippen molar-refractivity contribution >= 4 is 11.7 Å². The molecule has 1 rings (SSSR count). The van der Waals surface area contributed by atoms with Gasteiger partial charge in [-0.25, -0.2) is 4.79 Å². The average molecular weight is 292 g/mol. The molecule has 21 heavy (non-hydrogen) atoms. The molecule has 0 heterocycles. The van der Waals surface area contributed by atoms with Crippen molar-refractivity contribution in [2.75, 3.05) is 13.2 Å². The number of nitriles is 1. The van der Waals surface area contributed by atoms with Crippen LogP contribution in [0.3, 0.4) is 0 Å². The molecule has 0 bridgehead atoms. The minimum absolute atomic E-state index is 0.0192. The number of hydrogen-bond donors (Lipinski definition) is 0. The predicted octanol–water partition coefficient (Wildman–Crippen LogP) is 2.34. The molecule has 7 heteroatoms. The third-order valence-corrected chi connectivity index (χ3v) is 2.94. The zero-order valence-corrected chi connectivity index (χ0v) is 12.1. The Labute approximate surface area is 122 Å². The smallest absolute Gasteiger partial charge is 0.330 e. The summed E-state index contributed by atoms with van der Waals surface area (Å²) < 4.78 is 10.1. The Kier molecular flexibility index (Phi) is 5.24. The molecule has 0 radical (unpaired) electrons. The second-order valence-electron chi connectivity index (χ2n) is 4.33. The number of benzene rings is 1. The molecule has 1 aromatic rings. The van der Waals surface area contributed by atoms with Crippen molar-refractivity contribution in [1.29, 1.82) is 5.26 Å². The lowest BCUT2D eigenvalue weighted by atomic mass is 9.84. The summed E-state index contributed by atoms with van der Waals surface area (Å²) in [5, 5.41) is 20.2. The highest BCUT2D eigenvalue weighted by molar-refractivity contribution is 5.86. The molecule has 112 valence electrons. The Balaban J connectivity index is 3.36. The molecule has 1 unspecified atom stereocenters. The van der Waals surface area contributed by atoms with E-state index < -0.39 is 16.3 Å². The molecule has 0 amide bonds. The van der Waals surface area contributed by atoms with Gasteiger partial charge in [-0.15, -0.1) is 0 Å². The molecule has 0 N–H and O–H groups in total. The molecule has 0 fully saturated rings. The minimum atomic E-state index is -1.54. The third-order valence-electron chi connectivity index (χ3n) is 2.94. The van der Waals surface area contributed by atoms with Crippen LogP contribution in [0.1, 0.15) is 26.3 Å². The molecule has 0 saturated carbocycles. The fourth-order valence-electron chi connectivity index (χ4n) is 1.75. The first-order valence-corrected chi connectivity index (χ1v) is 6.40. The molecule has 0 aliphatic heterocycles. The minimum Gasteiger partial charge on any atom is -0.487 e. The normalized spacial score (nSPS) is 12.9. The first-order valence-electron chi connectivity index (χ1n) is 6.40. The van der Waals surface area contributed by atoms with Crippen LogP contribution in [-0.2, 0) is 14.9 Å². The Morgan fingerprint density at radius 3 is 2.57 bits per heavy atom. The van der Waals surface area contributed by atoms with Gasteiger partial charge in [-0.2, -0.15) is 5.26 Å². The fourth-order valence-corrected chi connectivity index (χ4v) is 1.75. The summed E-state index contributed by atoms with van der Waals surface area (Å²) in [7, 11) is 0. The standard InChI is InChI=1S/C14H16N2O5/c1-4-20-12-8-10(6-7-11(12)16(18)19)14(3,9-15)13(17)21-5-2/h6-8H,4-5H2,1-3H3. The molecule has 0 saturated heterocycles. The summed E-state index contributed by atoms with van der Waals surface area (Å²) in [5.41, 5.74) is -1.47. The number of carbonyl (C=O) groups excluding carboxylic acids is 1. The molecule has 0 aliphatic carbocycles. The molecule has 7 nitrogen and oxygen atoms in total. The summed E-state index contributed by atoms with van der Waals surface area (Å²) in [4.78, 5) is 22.3. The first kappa shape index (κ1) is 16.4.